The Kier molecular flexibility index (Phi) is 3.93. The highest BCUT2D eigenvalue weighted by atomic mass is 16.4. The topological polar surface area (TPSA) is 40.5 Å². The van der Waals surface area contributed by atoms with Crippen LogP contribution in [0, 0.1) is 12.8 Å². The van der Waals surface area contributed by atoms with E-state index in [2.05, 4.69) is 13.0 Å². The Morgan fingerprint density at radius 3 is 2.56 bits per heavy atom. The van der Waals surface area contributed by atoms with Crippen molar-refractivity contribution in [1.29, 1.82) is 0 Å². The molecule has 0 aliphatic rings. The standard InChI is InChI=1S/C13H19NO2/c1-9-5-6-11(7-10(2)13(15)16)8-12(9)14(3)4/h5-6,8,10H,7H2,1-4H3,(H,15,16). The van der Waals surface area contributed by atoms with Gasteiger partial charge in [-0.3, -0.25) is 4.79 Å². The predicted molar refractivity (Wildman–Crippen MR) is 66.0 cm³/mol. The lowest BCUT2D eigenvalue weighted by Gasteiger charge is -2.17. The largest absolute Gasteiger partial charge is 0.481 e. The van der Waals surface area contributed by atoms with Gasteiger partial charge in [-0.25, -0.2) is 0 Å². The normalized spacial score (nSPS) is 12.2. The summed E-state index contributed by atoms with van der Waals surface area (Å²) in [6.45, 7) is 3.79. The van der Waals surface area contributed by atoms with Gasteiger partial charge in [0.15, 0.2) is 0 Å². The third-order valence-corrected chi connectivity index (χ3v) is 2.72. The van der Waals surface area contributed by atoms with Crippen molar-refractivity contribution in [2.45, 2.75) is 20.3 Å². The second kappa shape index (κ2) is 5.01. The van der Waals surface area contributed by atoms with Gasteiger partial charge in [0, 0.05) is 19.8 Å². The molecule has 1 aromatic carbocycles. The Morgan fingerprint density at radius 1 is 1.44 bits per heavy atom. The van der Waals surface area contributed by atoms with Crippen LogP contribution in [0.15, 0.2) is 18.2 Å². The molecule has 0 aliphatic carbocycles. The molecule has 3 heteroatoms. The molecule has 0 bridgehead atoms. The van der Waals surface area contributed by atoms with Crippen LogP contribution in [0.5, 0.6) is 0 Å². The van der Waals surface area contributed by atoms with E-state index in [4.69, 9.17) is 5.11 Å². The van der Waals surface area contributed by atoms with Gasteiger partial charge in [-0.05, 0) is 30.5 Å². The number of rotatable bonds is 4. The lowest BCUT2D eigenvalue weighted by molar-refractivity contribution is -0.141. The summed E-state index contributed by atoms with van der Waals surface area (Å²) in [6.07, 6.45) is 0.580. The highest BCUT2D eigenvalue weighted by molar-refractivity contribution is 5.70. The van der Waals surface area contributed by atoms with Gasteiger partial charge >= 0.3 is 5.97 Å². The quantitative estimate of drug-likeness (QED) is 0.848. The van der Waals surface area contributed by atoms with E-state index in [0.717, 1.165) is 11.3 Å². The zero-order valence-electron chi connectivity index (χ0n) is 10.3. The molecule has 0 saturated heterocycles. The minimum Gasteiger partial charge on any atom is -0.481 e. The Labute approximate surface area is 96.7 Å². The molecule has 0 spiro atoms. The van der Waals surface area contributed by atoms with Crippen LogP contribution in [0.4, 0.5) is 5.69 Å². The smallest absolute Gasteiger partial charge is 0.306 e. The molecule has 0 saturated carbocycles. The Morgan fingerprint density at radius 2 is 2.06 bits per heavy atom. The summed E-state index contributed by atoms with van der Waals surface area (Å²) in [4.78, 5) is 12.8. The number of carboxylic acid groups (broad SMARTS) is 1. The molecule has 3 nitrogen and oxygen atoms in total. The van der Waals surface area contributed by atoms with E-state index in [1.54, 1.807) is 6.92 Å². The molecule has 1 N–H and O–H groups in total. The summed E-state index contributed by atoms with van der Waals surface area (Å²) in [7, 11) is 3.99. The van der Waals surface area contributed by atoms with Crippen molar-refractivity contribution in [1.82, 2.24) is 0 Å². The van der Waals surface area contributed by atoms with Crippen molar-refractivity contribution in [3.63, 3.8) is 0 Å². The SMILES string of the molecule is Cc1ccc(CC(C)C(=O)O)cc1N(C)C. The summed E-state index contributed by atoms with van der Waals surface area (Å²) in [5.41, 5.74) is 3.43. The van der Waals surface area contributed by atoms with Crippen LogP contribution >= 0.6 is 0 Å². The van der Waals surface area contributed by atoms with Crippen LogP contribution in [-0.2, 0) is 11.2 Å². The zero-order chi connectivity index (χ0) is 12.3. The summed E-state index contributed by atoms with van der Waals surface area (Å²) in [5.74, 6) is -1.08. The molecule has 1 aromatic rings. The van der Waals surface area contributed by atoms with Crippen molar-refractivity contribution < 1.29 is 9.90 Å². The van der Waals surface area contributed by atoms with E-state index in [1.165, 1.54) is 5.56 Å². The molecular weight excluding hydrogens is 202 g/mol. The molecule has 0 fully saturated rings. The number of aryl methyl sites for hydroxylation is 1. The minimum atomic E-state index is -0.744. The Balaban J connectivity index is 2.91. The lowest BCUT2D eigenvalue weighted by Crippen LogP contribution is -2.14. The summed E-state index contributed by atoms with van der Waals surface area (Å²) in [5, 5.41) is 8.87. The fraction of sp³-hybridized carbons (Fsp3) is 0.462. The summed E-state index contributed by atoms with van der Waals surface area (Å²) >= 11 is 0. The first kappa shape index (κ1) is 12.6. The molecule has 0 aromatic heterocycles. The van der Waals surface area contributed by atoms with Crippen LogP contribution < -0.4 is 4.90 Å². The fourth-order valence-corrected chi connectivity index (χ4v) is 1.70. The molecule has 1 atom stereocenters. The highest BCUT2D eigenvalue weighted by Gasteiger charge is 2.12. The minimum absolute atomic E-state index is 0.335. The van der Waals surface area contributed by atoms with Crippen LogP contribution in [0.2, 0.25) is 0 Å². The van der Waals surface area contributed by atoms with Gasteiger partial charge in [-0.2, -0.15) is 0 Å². The number of nitrogens with zero attached hydrogens (tertiary/aromatic N) is 1. The maximum atomic E-state index is 10.8. The third kappa shape index (κ3) is 2.99. The molecule has 0 amide bonds. The predicted octanol–water partition coefficient (Wildman–Crippen LogP) is 2.32. The maximum absolute atomic E-state index is 10.8. The summed E-state index contributed by atoms with van der Waals surface area (Å²) < 4.78 is 0. The average molecular weight is 221 g/mol. The zero-order valence-corrected chi connectivity index (χ0v) is 10.3. The first-order valence-corrected chi connectivity index (χ1v) is 5.41. The second-order valence-electron chi connectivity index (χ2n) is 4.46. The van der Waals surface area contributed by atoms with Gasteiger partial charge in [0.1, 0.15) is 0 Å². The number of benzene rings is 1. The van der Waals surface area contributed by atoms with Gasteiger partial charge < -0.3 is 10.0 Å². The third-order valence-electron chi connectivity index (χ3n) is 2.72. The number of hydrogen-bond acceptors (Lipinski definition) is 2. The van der Waals surface area contributed by atoms with Crippen LogP contribution in [0.25, 0.3) is 0 Å². The molecule has 0 heterocycles. The molecule has 0 radical (unpaired) electrons. The molecule has 1 rings (SSSR count). The van der Waals surface area contributed by atoms with Crippen LogP contribution in [0.3, 0.4) is 0 Å². The van der Waals surface area contributed by atoms with E-state index in [9.17, 15) is 4.79 Å². The van der Waals surface area contributed by atoms with Crippen molar-refractivity contribution in [3.05, 3.63) is 29.3 Å². The monoisotopic (exact) mass is 221 g/mol. The number of hydrogen-bond donors (Lipinski definition) is 1. The van der Waals surface area contributed by atoms with Crippen molar-refractivity contribution in [2.24, 2.45) is 5.92 Å². The molecule has 1 unspecified atom stereocenters. The van der Waals surface area contributed by atoms with Gasteiger partial charge in [0.05, 0.1) is 5.92 Å². The molecule has 0 aliphatic heterocycles. The number of carboxylic acids is 1. The van der Waals surface area contributed by atoms with Crippen molar-refractivity contribution >= 4 is 11.7 Å². The van der Waals surface area contributed by atoms with Gasteiger partial charge in [0.25, 0.3) is 0 Å². The highest BCUT2D eigenvalue weighted by Crippen LogP contribution is 2.21. The van der Waals surface area contributed by atoms with Crippen LogP contribution in [0.1, 0.15) is 18.1 Å². The van der Waals surface area contributed by atoms with Gasteiger partial charge in [-0.1, -0.05) is 19.1 Å². The van der Waals surface area contributed by atoms with E-state index in [-0.39, 0.29) is 5.92 Å². The number of carbonyl (C=O) groups is 1. The second-order valence-corrected chi connectivity index (χ2v) is 4.46. The average Bonchev–Trinajstić information content (AvgIpc) is 2.20. The fourth-order valence-electron chi connectivity index (χ4n) is 1.70. The molecular formula is C13H19NO2. The lowest BCUT2D eigenvalue weighted by atomic mass is 9.99. The van der Waals surface area contributed by atoms with E-state index in [0.29, 0.717) is 6.42 Å². The molecule has 16 heavy (non-hydrogen) atoms. The van der Waals surface area contributed by atoms with E-state index < -0.39 is 5.97 Å². The van der Waals surface area contributed by atoms with Gasteiger partial charge in [0.2, 0.25) is 0 Å². The summed E-state index contributed by atoms with van der Waals surface area (Å²) in [6, 6.07) is 6.11. The number of anilines is 1. The van der Waals surface area contributed by atoms with Gasteiger partial charge in [-0.15, -0.1) is 0 Å². The van der Waals surface area contributed by atoms with E-state index in [1.807, 2.05) is 31.1 Å². The number of aliphatic carboxylic acids is 1. The van der Waals surface area contributed by atoms with Crippen LogP contribution in [-0.4, -0.2) is 25.2 Å². The first-order chi connectivity index (χ1) is 7.41. The Bertz CT molecular complexity index is 386. The van der Waals surface area contributed by atoms with E-state index >= 15 is 0 Å². The Hall–Kier alpha value is -1.51. The maximum Gasteiger partial charge on any atom is 0.306 e. The van der Waals surface area contributed by atoms with Crippen molar-refractivity contribution in [3.8, 4) is 0 Å². The molecule has 88 valence electrons. The van der Waals surface area contributed by atoms with Crippen molar-refractivity contribution in [2.75, 3.05) is 19.0 Å². The first-order valence-electron chi connectivity index (χ1n) is 5.41.